The molecule has 1 aliphatic rings. The van der Waals surface area contributed by atoms with Gasteiger partial charge < -0.3 is 10.4 Å². The normalized spacial score (nSPS) is 17.1. The average Bonchev–Trinajstić information content (AvgIpc) is 2.47. The van der Waals surface area contributed by atoms with Crippen molar-refractivity contribution < 1.29 is 9.90 Å². The van der Waals surface area contributed by atoms with Gasteiger partial charge in [0, 0.05) is 11.7 Å². The van der Waals surface area contributed by atoms with E-state index in [-0.39, 0.29) is 0 Å². The third kappa shape index (κ3) is 2.92. The highest BCUT2D eigenvalue weighted by Crippen LogP contribution is 2.25. The minimum Gasteiger partial charge on any atom is -0.478 e. The monoisotopic (exact) mass is 281 g/mol. The van der Waals surface area contributed by atoms with Crippen molar-refractivity contribution in [2.75, 3.05) is 5.32 Å². The van der Waals surface area contributed by atoms with Crippen LogP contribution in [0.4, 0.5) is 5.69 Å². The number of rotatable bonds is 3. The molecule has 3 rings (SSSR count). The molecule has 1 atom stereocenters. The van der Waals surface area contributed by atoms with Crippen LogP contribution in [0.5, 0.6) is 0 Å². The highest BCUT2D eigenvalue weighted by Gasteiger charge is 2.20. The Morgan fingerprint density at radius 3 is 2.71 bits per heavy atom. The molecule has 0 saturated carbocycles. The van der Waals surface area contributed by atoms with E-state index < -0.39 is 5.97 Å². The third-order valence-corrected chi connectivity index (χ3v) is 4.11. The zero-order valence-electron chi connectivity index (χ0n) is 12.1. The molecule has 1 unspecified atom stereocenters. The number of aromatic carboxylic acids is 1. The molecule has 0 fully saturated rings. The molecule has 0 amide bonds. The Morgan fingerprint density at radius 2 is 1.95 bits per heavy atom. The van der Waals surface area contributed by atoms with Crippen molar-refractivity contribution in [2.24, 2.45) is 0 Å². The molecule has 21 heavy (non-hydrogen) atoms. The van der Waals surface area contributed by atoms with Crippen LogP contribution in [0.15, 0.2) is 42.5 Å². The molecule has 1 aliphatic carbocycles. The molecule has 3 heteroatoms. The van der Waals surface area contributed by atoms with Crippen LogP contribution >= 0.6 is 0 Å². The van der Waals surface area contributed by atoms with E-state index >= 15 is 0 Å². The van der Waals surface area contributed by atoms with E-state index in [1.165, 1.54) is 11.1 Å². The quantitative estimate of drug-likeness (QED) is 0.902. The molecular weight excluding hydrogens is 262 g/mol. The summed E-state index contributed by atoms with van der Waals surface area (Å²) in [6, 6.07) is 14.2. The predicted octanol–water partition coefficient (Wildman–Crippen LogP) is 3.66. The summed E-state index contributed by atoms with van der Waals surface area (Å²) in [4.78, 5) is 11.3. The highest BCUT2D eigenvalue weighted by molar-refractivity contribution is 5.94. The first kappa shape index (κ1) is 13.7. The van der Waals surface area contributed by atoms with Crippen molar-refractivity contribution in [3.63, 3.8) is 0 Å². The fraction of sp³-hybridized carbons (Fsp3) is 0.278. The average molecular weight is 281 g/mol. The standard InChI is InChI=1S/C18H19NO2/c1-12-6-9-16(18(20)21)17(10-12)19-15-8-7-13-4-2-3-5-14(13)11-15/h2-6,9-10,15,19H,7-8,11H2,1H3,(H,20,21). The van der Waals surface area contributed by atoms with Gasteiger partial charge in [-0.25, -0.2) is 4.79 Å². The van der Waals surface area contributed by atoms with E-state index in [1.54, 1.807) is 6.07 Å². The van der Waals surface area contributed by atoms with E-state index in [4.69, 9.17) is 0 Å². The molecule has 0 spiro atoms. The number of carbonyl (C=O) groups is 1. The van der Waals surface area contributed by atoms with Gasteiger partial charge in [-0.3, -0.25) is 0 Å². The first-order valence-electron chi connectivity index (χ1n) is 7.31. The number of hydrogen-bond acceptors (Lipinski definition) is 2. The van der Waals surface area contributed by atoms with Crippen molar-refractivity contribution in [3.05, 3.63) is 64.7 Å². The van der Waals surface area contributed by atoms with Gasteiger partial charge >= 0.3 is 5.97 Å². The molecule has 108 valence electrons. The van der Waals surface area contributed by atoms with Crippen LogP contribution in [-0.4, -0.2) is 17.1 Å². The van der Waals surface area contributed by atoms with Crippen LogP contribution in [0.3, 0.4) is 0 Å². The lowest BCUT2D eigenvalue weighted by molar-refractivity contribution is 0.0698. The van der Waals surface area contributed by atoms with E-state index in [0.717, 1.165) is 30.5 Å². The summed E-state index contributed by atoms with van der Waals surface area (Å²) in [6.07, 6.45) is 3.02. The third-order valence-electron chi connectivity index (χ3n) is 4.11. The minimum atomic E-state index is -0.881. The SMILES string of the molecule is Cc1ccc(C(=O)O)c(NC2CCc3ccccc3C2)c1. The van der Waals surface area contributed by atoms with Gasteiger partial charge in [0.25, 0.3) is 0 Å². The summed E-state index contributed by atoms with van der Waals surface area (Å²) < 4.78 is 0. The summed E-state index contributed by atoms with van der Waals surface area (Å²) in [5, 5.41) is 12.7. The van der Waals surface area contributed by atoms with Gasteiger partial charge in [0.05, 0.1) is 5.56 Å². The summed E-state index contributed by atoms with van der Waals surface area (Å²) >= 11 is 0. The van der Waals surface area contributed by atoms with Crippen LogP contribution in [0.1, 0.15) is 33.5 Å². The van der Waals surface area contributed by atoms with Gasteiger partial charge in [0.1, 0.15) is 0 Å². The second-order valence-electron chi connectivity index (χ2n) is 5.71. The lowest BCUT2D eigenvalue weighted by Gasteiger charge is -2.27. The number of fused-ring (bicyclic) bond motifs is 1. The summed E-state index contributed by atoms with van der Waals surface area (Å²) in [6.45, 7) is 1.98. The lowest BCUT2D eigenvalue weighted by Crippen LogP contribution is -2.28. The van der Waals surface area contributed by atoms with Crippen LogP contribution in [-0.2, 0) is 12.8 Å². The van der Waals surface area contributed by atoms with Crippen molar-refractivity contribution in [1.82, 2.24) is 0 Å². The molecule has 0 saturated heterocycles. The second-order valence-corrected chi connectivity index (χ2v) is 5.71. The van der Waals surface area contributed by atoms with E-state index in [9.17, 15) is 9.90 Å². The Bertz CT molecular complexity index is 679. The zero-order valence-corrected chi connectivity index (χ0v) is 12.1. The van der Waals surface area contributed by atoms with Crippen LogP contribution in [0.2, 0.25) is 0 Å². The Morgan fingerprint density at radius 1 is 1.19 bits per heavy atom. The predicted molar refractivity (Wildman–Crippen MR) is 84.0 cm³/mol. The molecule has 0 radical (unpaired) electrons. The maximum atomic E-state index is 11.3. The van der Waals surface area contributed by atoms with Crippen molar-refractivity contribution >= 4 is 11.7 Å². The van der Waals surface area contributed by atoms with E-state index in [2.05, 4.69) is 29.6 Å². The molecule has 0 aromatic heterocycles. The number of nitrogens with one attached hydrogen (secondary N) is 1. The second kappa shape index (κ2) is 5.60. The Balaban J connectivity index is 1.82. The number of carboxylic acids is 1. The largest absolute Gasteiger partial charge is 0.478 e. The summed E-state index contributed by atoms with van der Waals surface area (Å²) in [5.41, 5.74) is 4.93. The molecule has 0 heterocycles. The van der Waals surface area contributed by atoms with Gasteiger partial charge in [0.15, 0.2) is 0 Å². The van der Waals surface area contributed by atoms with Crippen LogP contribution in [0, 0.1) is 6.92 Å². The number of carboxylic acid groups (broad SMARTS) is 1. The lowest BCUT2D eigenvalue weighted by atomic mass is 9.88. The van der Waals surface area contributed by atoms with Gasteiger partial charge in [-0.1, -0.05) is 30.3 Å². The van der Waals surface area contributed by atoms with Crippen molar-refractivity contribution in [2.45, 2.75) is 32.2 Å². The minimum absolute atomic E-state index is 0.291. The van der Waals surface area contributed by atoms with Gasteiger partial charge in [-0.05, 0) is 55.0 Å². The van der Waals surface area contributed by atoms with Gasteiger partial charge in [-0.15, -0.1) is 0 Å². The van der Waals surface area contributed by atoms with Gasteiger partial charge in [0.2, 0.25) is 0 Å². The number of benzene rings is 2. The van der Waals surface area contributed by atoms with Crippen molar-refractivity contribution in [3.8, 4) is 0 Å². The fourth-order valence-electron chi connectivity index (χ4n) is 3.00. The first-order chi connectivity index (χ1) is 10.1. The van der Waals surface area contributed by atoms with Gasteiger partial charge in [-0.2, -0.15) is 0 Å². The topological polar surface area (TPSA) is 49.3 Å². The zero-order chi connectivity index (χ0) is 14.8. The maximum Gasteiger partial charge on any atom is 0.337 e. The Labute approximate surface area is 124 Å². The summed E-state index contributed by atoms with van der Waals surface area (Å²) in [5.74, 6) is -0.881. The molecule has 2 N–H and O–H groups in total. The van der Waals surface area contributed by atoms with Crippen LogP contribution < -0.4 is 5.32 Å². The maximum absolute atomic E-state index is 11.3. The molecule has 3 nitrogen and oxygen atoms in total. The molecule has 0 aliphatic heterocycles. The number of aryl methyl sites for hydroxylation is 2. The fourth-order valence-corrected chi connectivity index (χ4v) is 3.00. The Kier molecular flexibility index (Phi) is 3.65. The molecular formula is C18H19NO2. The Hall–Kier alpha value is -2.29. The molecule has 2 aromatic rings. The van der Waals surface area contributed by atoms with Crippen LogP contribution in [0.25, 0.3) is 0 Å². The van der Waals surface area contributed by atoms with Crippen molar-refractivity contribution in [1.29, 1.82) is 0 Å². The number of anilines is 1. The highest BCUT2D eigenvalue weighted by atomic mass is 16.4. The summed E-state index contributed by atoms with van der Waals surface area (Å²) in [7, 11) is 0. The number of hydrogen-bond donors (Lipinski definition) is 2. The first-order valence-corrected chi connectivity index (χ1v) is 7.31. The molecule has 2 aromatic carbocycles. The smallest absolute Gasteiger partial charge is 0.337 e. The van der Waals surface area contributed by atoms with E-state index in [1.807, 2.05) is 19.1 Å². The molecule has 0 bridgehead atoms. The van der Waals surface area contributed by atoms with E-state index in [0.29, 0.717) is 11.6 Å².